The van der Waals surface area contributed by atoms with Crippen molar-refractivity contribution in [1.29, 1.82) is 0 Å². The number of hydrogen-bond donors (Lipinski definition) is 1. The number of carbonyl (C=O) groups is 1. The molecule has 1 heterocycles. The molecule has 5 heteroatoms. The maximum atomic E-state index is 12.4. The average Bonchev–Trinajstić information content (AvgIpc) is 3.04. The Bertz CT molecular complexity index is 807. The van der Waals surface area contributed by atoms with Gasteiger partial charge in [0.2, 0.25) is 0 Å². The summed E-state index contributed by atoms with van der Waals surface area (Å²) < 4.78 is 6.82. The Kier molecular flexibility index (Phi) is 5.68. The van der Waals surface area contributed by atoms with Gasteiger partial charge in [0.1, 0.15) is 5.75 Å². The molecule has 0 radical (unpaired) electrons. The molecule has 130 valence electrons. The fourth-order valence-corrected chi connectivity index (χ4v) is 3.45. The Hall–Kier alpha value is -2.37. The van der Waals surface area contributed by atoms with Crippen molar-refractivity contribution in [2.24, 2.45) is 0 Å². The Labute approximate surface area is 152 Å². The summed E-state index contributed by atoms with van der Waals surface area (Å²) in [4.78, 5) is 15.3. The van der Waals surface area contributed by atoms with Crippen LogP contribution in [0.25, 0.3) is 10.1 Å². The molecule has 1 N–H and O–H groups in total. The molecule has 1 aromatic heterocycles. The topological polar surface area (TPSA) is 41.6 Å². The minimum atomic E-state index is -0.0825. The number of nitrogens with zero attached hydrogens (tertiary/aromatic N) is 1. The number of benzene rings is 2. The standard InChI is InChI=1S/C20H22N2O2S/c1-22(2)12-5-13-24-17-10-8-16(9-11-17)21-20(23)19-14-15-6-3-4-7-18(15)25-19/h3-4,6-11,14H,5,12-13H2,1-2H3,(H,21,23). The predicted octanol–water partition coefficient (Wildman–Crippen LogP) is 4.48. The summed E-state index contributed by atoms with van der Waals surface area (Å²) in [5, 5.41) is 4.03. The summed E-state index contributed by atoms with van der Waals surface area (Å²) in [6.45, 7) is 1.69. The maximum Gasteiger partial charge on any atom is 0.265 e. The van der Waals surface area contributed by atoms with E-state index in [1.54, 1.807) is 0 Å². The van der Waals surface area contributed by atoms with Crippen molar-refractivity contribution in [3.8, 4) is 5.75 Å². The van der Waals surface area contributed by atoms with Crippen molar-refractivity contribution >= 4 is 33.0 Å². The lowest BCUT2D eigenvalue weighted by Crippen LogP contribution is -2.15. The zero-order valence-corrected chi connectivity index (χ0v) is 15.3. The smallest absolute Gasteiger partial charge is 0.265 e. The summed E-state index contributed by atoms with van der Waals surface area (Å²) in [6, 6.07) is 17.4. The van der Waals surface area contributed by atoms with E-state index in [-0.39, 0.29) is 5.91 Å². The van der Waals surface area contributed by atoms with Crippen molar-refractivity contribution < 1.29 is 9.53 Å². The van der Waals surface area contributed by atoms with E-state index in [0.29, 0.717) is 11.5 Å². The highest BCUT2D eigenvalue weighted by Gasteiger charge is 2.10. The molecule has 3 aromatic rings. The van der Waals surface area contributed by atoms with E-state index in [1.165, 1.54) is 11.3 Å². The SMILES string of the molecule is CN(C)CCCOc1ccc(NC(=O)c2cc3ccccc3s2)cc1. The van der Waals surface area contributed by atoms with Crippen LogP contribution in [0.5, 0.6) is 5.75 Å². The van der Waals surface area contributed by atoms with Gasteiger partial charge in [-0.3, -0.25) is 4.79 Å². The van der Waals surface area contributed by atoms with Crippen molar-refractivity contribution in [2.45, 2.75) is 6.42 Å². The molecule has 2 aromatic carbocycles. The number of nitrogens with one attached hydrogen (secondary N) is 1. The van der Waals surface area contributed by atoms with Gasteiger partial charge < -0.3 is 15.0 Å². The van der Waals surface area contributed by atoms with Crippen LogP contribution < -0.4 is 10.1 Å². The van der Waals surface area contributed by atoms with Gasteiger partial charge in [-0.25, -0.2) is 0 Å². The van der Waals surface area contributed by atoms with Crippen LogP contribution in [0.2, 0.25) is 0 Å². The lowest BCUT2D eigenvalue weighted by atomic mass is 10.2. The number of rotatable bonds is 7. The van der Waals surface area contributed by atoms with E-state index in [1.807, 2.05) is 68.7 Å². The number of hydrogen-bond acceptors (Lipinski definition) is 4. The van der Waals surface area contributed by atoms with Crippen molar-refractivity contribution in [3.05, 3.63) is 59.5 Å². The van der Waals surface area contributed by atoms with E-state index in [4.69, 9.17) is 4.74 Å². The monoisotopic (exact) mass is 354 g/mol. The van der Waals surface area contributed by atoms with Crippen molar-refractivity contribution in [1.82, 2.24) is 4.90 Å². The van der Waals surface area contributed by atoms with Gasteiger partial charge in [0.15, 0.2) is 0 Å². The first-order valence-electron chi connectivity index (χ1n) is 8.29. The second kappa shape index (κ2) is 8.14. The van der Waals surface area contributed by atoms with Gasteiger partial charge in [-0.2, -0.15) is 0 Å². The summed E-state index contributed by atoms with van der Waals surface area (Å²) in [5.74, 6) is 0.736. The molecule has 0 fully saturated rings. The zero-order valence-electron chi connectivity index (χ0n) is 14.5. The summed E-state index contributed by atoms with van der Waals surface area (Å²) in [5.41, 5.74) is 0.767. The quantitative estimate of drug-likeness (QED) is 0.636. The summed E-state index contributed by atoms with van der Waals surface area (Å²) in [7, 11) is 4.10. The maximum absolute atomic E-state index is 12.4. The third kappa shape index (κ3) is 4.81. The van der Waals surface area contributed by atoms with Gasteiger partial charge in [-0.1, -0.05) is 18.2 Å². The second-order valence-electron chi connectivity index (χ2n) is 6.13. The van der Waals surface area contributed by atoms with E-state index >= 15 is 0 Å². The molecule has 0 aliphatic heterocycles. The molecule has 0 atom stereocenters. The molecule has 1 amide bonds. The van der Waals surface area contributed by atoms with Crippen molar-refractivity contribution in [2.75, 3.05) is 32.6 Å². The third-order valence-corrected chi connectivity index (χ3v) is 4.89. The fraction of sp³-hybridized carbons (Fsp3) is 0.250. The van der Waals surface area contributed by atoms with Gasteiger partial charge in [-0.05, 0) is 62.3 Å². The molecule has 3 rings (SSSR count). The van der Waals surface area contributed by atoms with E-state index < -0.39 is 0 Å². The van der Waals surface area contributed by atoms with Gasteiger partial charge in [-0.15, -0.1) is 11.3 Å². The van der Waals surface area contributed by atoms with E-state index in [9.17, 15) is 4.79 Å². The van der Waals surface area contributed by atoms with Gasteiger partial charge in [0.25, 0.3) is 5.91 Å². The second-order valence-corrected chi connectivity index (χ2v) is 7.22. The summed E-state index contributed by atoms with van der Waals surface area (Å²) >= 11 is 1.50. The number of fused-ring (bicyclic) bond motifs is 1. The zero-order chi connectivity index (χ0) is 17.6. The molecule has 0 aliphatic carbocycles. The highest BCUT2D eigenvalue weighted by molar-refractivity contribution is 7.20. The predicted molar refractivity (Wildman–Crippen MR) is 105 cm³/mol. The molecule has 0 bridgehead atoms. The van der Waals surface area contributed by atoms with Crippen LogP contribution in [0.3, 0.4) is 0 Å². The van der Waals surface area contributed by atoms with Crippen LogP contribution in [0, 0.1) is 0 Å². The van der Waals surface area contributed by atoms with Gasteiger partial charge in [0, 0.05) is 16.9 Å². The number of carbonyl (C=O) groups excluding carboxylic acids is 1. The highest BCUT2D eigenvalue weighted by Crippen LogP contribution is 2.26. The first-order chi connectivity index (χ1) is 12.1. The Morgan fingerprint density at radius 1 is 1.12 bits per heavy atom. The molecule has 0 saturated heterocycles. The number of amides is 1. The molecular formula is C20H22N2O2S. The number of ether oxygens (including phenoxy) is 1. The van der Waals surface area contributed by atoms with Crippen molar-refractivity contribution in [3.63, 3.8) is 0 Å². The molecule has 25 heavy (non-hydrogen) atoms. The molecule has 0 saturated carbocycles. The molecule has 0 aliphatic rings. The van der Waals surface area contributed by atoms with Crippen LogP contribution in [0.1, 0.15) is 16.1 Å². The highest BCUT2D eigenvalue weighted by atomic mass is 32.1. The van der Waals surface area contributed by atoms with E-state index in [2.05, 4.69) is 10.2 Å². The molecule has 4 nitrogen and oxygen atoms in total. The first kappa shape index (κ1) is 17.5. The number of anilines is 1. The van der Waals surface area contributed by atoms with Crippen LogP contribution in [-0.2, 0) is 0 Å². The normalized spacial score (nSPS) is 11.0. The molecule has 0 unspecified atom stereocenters. The Morgan fingerprint density at radius 3 is 2.60 bits per heavy atom. The van der Waals surface area contributed by atoms with Crippen LogP contribution in [-0.4, -0.2) is 38.1 Å². The minimum absolute atomic E-state index is 0.0825. The van der Waals surface area contributed by atoms with Gasteiger partial charge >= 0.3 is 0 Å². The van der Waals surface area contributed by atoms with Gasteiger partial charge in [0.05, 0.1) is 11.5 Å². The lowest BCUT2D eigenvalue weighted by molar-refractivity contribution is 0.103. The fourth-order valence-electron chi connectivity index (χ4n) is 2.49. The largest absolute Gasteiger partial charge is 0.494 e. The minimum Gasteiger partial charge on any atom is -0.494 e. The summed E-state index contributed by atoms with van der Waals surface area (Å²) in [6.07, 6.45) is 0.984. The lowest BCUT2D eigenvalue weighted by Gasteiger charge is -2.11. The average molecular weight is 354 g/mol. The van der Waals surface area contributed by atoms with Crippen LogP contribution in [0.4, 0.5) is 5.69 Å². The van der Waals surface area contributed by atoms with Crippen LogP contribution >= 0.6 is 11.3 Å². The van der Waals surface area contributed by atoms with Crippen LogP contribution in [0.15, 0.2) is 54.6 Å². The number of thiophene rings is 1. The third-order valence-electron chi connectivity index (χ3n) is 3.78. The Morgan fingerprint density at radius 2 is 1.88 bits per heavy atom. The van der Waals surface area contributed by atoms with E-state index in [0.717, 1.165) is 34.5 Å². The molecular weight excluding hydrogens is 332 g/mol. The Balaban J connectivity index is 1.56. The molecule has 0 spiro atoms. The first-order valence-corrected chi connectivity index (χ1v) is 9.11.